The number of hydrogen-bond acceptors (Lipinski definition) is 5. The van der Waals surface area contributed by atoms with E-state index in [4.69, 9.17) is 4.74 Å². The highest BCUT2D eigenvalue weighted by atomic mass is 16.5. The van der Waals surface area contributed by atoms with Gasteiger partial charge >= 0.3 is 0 Å². The van der Waals surface area contributed by atoms with Crippen LogP contribution in [-0.4, -0.2) is 24.7 Å². The van der Waals surface area contributed by atoms with Crippen LogP contribution in [0.3, 0.4) is 0 Å². The van der Waals surface area contributed by atoms with Crippen molar-refractivity contribution >= 4 is 0 Å². The number of aromatic nitrogens is 5. The molecule has 0 aliphatic carbocycles. The van der Waals surface area contributed by atoms with Crippen LogP contribution < -0.4 is 4.74 Å². The van der Waals surface area contributed by atoms with Crippen LogP contribution in [0.25, 0.3) is 5.82 Å². The van der Waals surface area contributed by atoms with Crippen molar-refractivity contribution in [3.05, 3.63) is 54.4 Å². The Morgan fingerprint density at radius 2 is 1.85 bits per heavy atom. The summed E-state index contributed by atoms with van der Waals surface area (Å²) in [6, 6.07) is 9.51. The monoisotopic (exact) mass is 267 g/mol. The quantitative estimate of drug-likeness (QED) is 0.729. The first-order valence-corrected chi connectivity index (χ1v) is 6.16. The van der Waals surface area contributed by atoms with Crippen LogP contribution in [0.1, 0.15) is 11.4 Å². The Balaban J connectivity index is 1.92. The van der Waals surface area contributed by atoms with Gasteiger partial charge in [0, 0.05) is 6.07 Å². The van der Waals surface area contributed by atoms with Crippen molar-refractivity contribution in [3.8, 4) is 17.4 Å². The lowest BCUT2D eigenvalue weighted by Gasteiger charge is -2.07. The van der Waals surface area contributed by atoms with Crippen molar-refractivity contribution in [2.24, 2.45) is 0 Å². The smallest absolute Gasteiger partial charge is 0.224 e. The first-order chi connectivity index (χ1) is 9.70. The molecule has 0 bridgehead atoms. The largest absolute Gasteiger partial charge is 0.439 e. The second-order valence-electron chi connectivity index (χ2n) is 4.37. The molecule has 2 heterocycles. The molecule has 6 heteroatoms. The van der Waals surface area contributed by atoms with Crippen molar-refractivity contribution in [3.63, 3.8) is 0 Å². The maximum absolute atomic E-state index is 5.74. The van der Waals surface area contributed by atoms with Gasteiger partial charge in [0.05, 0.1) is 0 Å². The molecule has 3 aromatic rings. The average Bonchev–Trinajstić information content (AvgIpc) is 2.95. The van der Waals surface area contributed by atoms with E-state index in [-0.39, 0.29) is 0 Å². The third kappa shape index (κ3) is 2.64. The van der Waals surface area contributed by atoms with Crippen molar-refractivity contribution in [2.75, 3.05) is 0 Å². The zero-order valence-electron chi connectivity index (χ0n) is 11.2. The zero-order valence-corrected chi connectivity index (χ0v) is 11.2. The number of ether oxygens (including phenoxy) is 1. The van der Waals surface area contributed by atoms with Crippen LogP contribution in [0.5, 0.6) is 11.6 Å². The van der Waals surface area contributed by atoms with Crippen LogP contribution in [-0.2, 0) is 0 Å². The predicted octanol–water partition coefficient (Wildman–Crippen LogP) is 2.47. The van der Waals surface area contributed by atoms with Crippen molar-refractivity contribution in [1.82, 2.24) is 24.7 Å². The van der Waals surface area contributed by atoms with Gasteiger partial charge in [0.2, 0.25) is 5.88 Å². The van der Waals surface area contributed by atoms with Gasteiger partial charge in [0.15, 0.2) is 5.82 Å². The molecule has 3 rings (SSSR count). The van der Waals surface area contributed by atoms with E-state index in [2.05, 4.69) is 20.1 Å². The van der Waals surface area contributed by atoms with Gasteiger partial charge in [-0.05, 0) is 26.0 Å². The summed E-state index contributed by atoms with van der Waals surface area (Å²) < 4.78 is 7.31. The Morgan fingerprint density at radius 1 is 1.05 bits per heavy atom. The lowest BCUT2D eigenvalue weighted by molar-refractivity contribution is 0.458. The Kier molecular flexibility index (Phi) is 3.12. The van der Waals surface area contributed by atoms with E-state index in [1.807, 2.05) is 38.1 Å². The van der Waals surface area contributed by atoms with Gasteiger partial charge < -0.3 is 4.74 Å². The van der Waals surface area contributed by atoms with Gasteiger partial charge in [0.1, 0.15) is 24.2 Å². The molecule has 20 heavy (non-hydrogen) atoms. The van der Waals surface area contributed by atoms with Crippen LogP contribution >= 0.6 is 0 Å². The third-order valence-corrected chi connectivity index (χ3v) is 2.70. The van der Waals surface area contributed by atoms with Gasteiger partial charge in [-0.3, -0.25) is 0 Å². The van der Waals surface area contributed by atoms with Gasteiger partial charge in [-0.25, -0.2) is 14.6 Å². The zero-order chi connectivity index (χ0) is 13.9. The molecule has 0 aliphatic heterocycles. The predicted molar refractivity (Wildman–Crippen MR) is 72.9 cm³/mol. The third-order valence-electron chi connectivity index (χ3n) is 2.70. The first-order valence-electron chi connectivity index (χ1n) is 6.16. The minimum absolute atomic E-state index is 0.479. The summed E-state index contributed by atoms with van der Waals surface area (Å²) in [5.41, 5.74) is 1.18. The Labute approximate surface area is 116 Å². The summed E-state index contributed by atoms with van der Waals surface area (Å²) in [6.07, 6.45) is 3.04. The maximum Gasteiger partial charge on any atom is 0.224 e. The molecular weight excluding hydrogens is 254 g/mol. The van der Waals surface area contributed by atoms with Crippen LogP contribution in [0.2, 0.25) is 0 Å². The molecular formula is C14H13N5O. The number of hydrogen-bond donors (Lipinski definition) is 0. The highest BCUT2D eigenvalue weighted by Crippen LogP contribution is 2.21. The highest BCUT2D eigenvalue weighted by molar-refractivity contribution is 5.33. The second-order valence-corrected chi connectivity index (χ2v) is 4.37. The van der Waals surface area contributed by atoms with Crippen molar-refractivity contribution in [2.45, 2.75) is 13.8 Å². The van der Waals surface area contributed by atoms with E-state index in [0.29, 0.717) is 17.5 Å². The molecule has 0 spiro atoms. The molecule has 0 saturated carbocycles. The van der Waals surface area contributed by atoms with E-state index in [1.54, 1.807) is 17.1 Å². The van der Waals surface area contributed by atoms with Gasteiger partial charge in [-0.2, -0.15) is 10.1 Å². The van der Waals surface area contributed by atoms with E-state index < -0.39 is 0 Å². The van der Waals surface area contributed by atoms with Crippen LogP contribution in [0.15, 0.2) is 43.0 Å². The summed E-state index contributed by atoms with van der Waals surface area (Å²) in [7, 11) is 0. The standard InChI is InChI=1S/C14H13N5O/c1-10-3-5-12(6-4-10)20-14-7-13(17-11(2)18-14)19-9-15-8-16-19/h3-9H,1-2H3. The van der Waals surface area contributed by atoms with Crippen molar-refractivity contribution < 1.29 is 4.74 Å². The average molecular weight is 267 g/mol. The Hall–Kier alpha value is -2.76. The molecule has 0 saturated heterocycles. The molecule has 0 aliphatic rings. The molecule has 0 N–H and O–H groups in total. The summed E-state index contributed by atoms with van der Waals surface area (Å²) in [4.78, 5) is 12.5. The molecule has 0 atom stereocenters. The normalized spacial score (nSPS) is 10.5. The molecule has 0 unspecified atom stereocenters. The molecule has 0 amide bonds. The molecule has 0 fully saturated rings. The molecule has 6 nitrogen and oxygen atoms in total. The first kappa shape index (κ1) is 12.3. The Morgan fingerprint density at radius 3 is 2.55 bits per heavy atom. The lowest BCUT2D eigenvalue weighted by Crippen LogP contribution is -2.02. The fourth-order valence-corrected chi connectivity index (χ4v) is 1.75. The molecule has 0 radical (unpaired) electrons. The minimum atomic E-state index is 0.479. The minimum Gasteiger partial charge on any atom is -0.439 e. The lowest BCUT2D eigenvalue weighted by atomic mass is 10.2. The van der Waals surface area contributed by atoms with Crippen LogP contribution in [0, 0.1) is 13.8 Å². The molecule has 100 valence electrons. The summed E-state index contributed by atoms with van der Waals surface area (Å²) >= 11 is 0. The highest BCUT2D eigenvalue weighted by Gasteiger charge is 2.06. The van der Waals surface area contributed by atoms with Crippen LogP contribution in [0.4, 0.5) is 0 Å². The number of benzene rings is 1. The number of aryl methyl sites for hydroxylation is 2. The summed E-state index contributed by atoms with van der Waals surface area (Å²) in [5.74, 6) is 2.45. The topological polar surface area (TPSA) is 65.7 Å². The van der Waals surface area contributed by atoms with Gasteiger partial charge in [0.25, 0.3) is 0 Å². The van der Waals surface area contributed by atoms with E-state index in [0.717, 1.165) is 5.75 Å². The maximum atomic E-state index is 5.74. The van der Waals surface area contributed by atoms with Gasteiger partial charge in [-0.15, -0.1) is 0 Å². The fourth-order valence-electron chi connectivity index (χ4n) is 1.75. The van der Waals surface area contributed by atoms with E-state index in [1.165, 1.54) is 11.9 Å². The van der Waals surface area contributed by atoms with E-state index in [9.17, 15) is 0 Å². The molecule has 1 aromatic carbocycles. The summed E-state index contributed by atoms with van der Waals surface area (Å²) in [5, 5.41) is 4.05. The second kappa shape index (κ2) is 5.08. The van der Waals surface area contributed by atoms with Gasteiger partial charge in [-0.1, -0.05) is 17.7 Å². The Bertz CT molecular complexity index is 707. The number of rotatable bonds is 3. The van der Waals surface area contributed by atoms with Crippen molar-refractivity contribution in [1.29, 1.82) is 0 Å². The summed E-state index contributed by atoms with van der Waals surface area (Å²) in [6.45, 7) is 3.84. The van der Waals surface area contributed by atoms with E-state index >= 15 is 0 Å². The SMILES string of the molecule is Cc1ccc(Oc2cc(-n3cncn3)nc(C)n2)cc1. The molecule has 2 aromatic heterocycles. The number of nitrogens with zero attached hydrogens (tertiary/aromatic N) is 5. The fraction of sp³-hybridized carbons (Fsp3) is 0.143.